The number of halogens is 3. The Hall–Kier alpha value is -3.05. The number of hydrogen-bond donors (Lipinski definition) is 1. The second-order valence-electron chi connectivity index (χ2n) is 8.92. The smallest absolute Gasteiger partial charge is 0.258 e. The SMILES string of the molecule is O=C(COc1ccc(Cl)cc1Cl)NCc1nnc(SCC(=O)N2CCCc3ccccc32)n1-c1ccc(Br)cc1. The van der Waals surface area contributed by atoms with E-state index in [0.717, 1.165) is 28.7 Å². The van der Waals surface area contributed by atoms with Gasteiger partial charge in [0.1, 0.15) is 5.75 Å². The van der Waals surface area contributed by atoms with E-state index in [1.807, 2.05) is 51.9 Å². The lowest BCUT2D eigenvalue weighted by Crippen LogP contribution is -2.36. The van der Waals surface area contributed by atoms with Crippen molar-refractivity contribution in [1.82, 2.24) is 20.1 Å². The maximum atomic E-state index is 13.2. The fraction of sp³-hybridized carbons (Fsp3) is 0.214. The van der Waals surface area contributed by atoms with E-state index in [1.54, 1.807) is 18.2 Å². The van der Waals surface area contributed by atoms with E-state index in [0.29, 0.717) is 33.3 Å². The van der Waals surface area contributed by atoms with Crippen LogP contribution in [-0.2, 0) is 22.6 Å². The van der Waals surface area contributed by atoms with E-state index in [2.05, 4.69) is 37.5 Å². The Morgan fingerprint density at radius 3 is 2.65 bits per heavy atom. The molecule has 1 aliphatic rings. The summed E-state index contributed by atoms with van der Waals surface area (Å²) in [7, 11) is 0. The van der Waals surface area contributed by atoms with Gasteiger partial charge in [0, 0.05) is 27.4 Å². The van der Waals surface area contributed by atoms with Crippen LogP contribution in [0, 0.1) is 0 Å². The van der Waals surface area contributed by atoms with Crippen molar-refractivity contribution in [1.29, 1.82) is 0 Å². The summed E-state index contributed by atoms with van der Waals surface area (Å²) in [4.78, 5) is 27.6. The van der Waals surface area contributed by atoms with E-state index in [1.165, 1.54) is 17.3 Å². The number of nitrogens with zero attached hydrogens (tertiary/aromatic N) is 4. The Balaban J connectivity index is 1.27. The number of aromatic nitrogens is 3. The molecule has 0 atom stereocenters. The molecule has 5 rings (SSSR count). The molecule has 0 spiro atoms. The average Bonchev–Trinajstić information content (AvgIpc) is 3.37. The quantitative estimate of drug-likeness (QED) is 0.218. The molecule has 0 unspecified atom stereocenters. The molecule has 0 bridgehead atoms. The van der Waals surface area contributed by atoms with Crippen LogP contribution in [0.4, 0.5) is 5.69 Å². The number of carbonyl (C=O) groups excluding carboxylic acids is 2. The number of aryl methyl sites for hydroxylation is 1. The number of nitrogens with one attached hydrogen (secondary N) is 1. The Kier molecular flexibility index (Phi) is 9.31. The first-order valence-corrected chi connectivity index (χ1v) is 15.0. The molecule has 1 aromatic heterocycles. The van der Waals surface area contributed by atoms with Crippen LogP contribution in [0.2, 0.25) is 10.0 Å². The molecule has 4 aromatic rings. The summed E-state index contributed by atoms with van der Waals surface area (Å²) in [5, 5.41) is 12.8. The first kappa shape index (κ1) is 28.5. The lowest BCUT2D eigenvalue weighted by molar-refractivity contribution is -0.123. The van der Waals surface area contributed by atoms with Gasteiger partial charge >= 0.3 is 0 Å². The van der Waals surface area contributed by atoms with Crippen LogP contribution >= 0.6 is 50.9 Å². The van der Waals surface area contributed by atoms with Crippen LogP contribution in [0.5, 0.6) is 5.75 Å². The Morgan fingerprint density at radius 1 is 1.05 bits per heavy atom. The third-order valence-electron chi connectivity index (χ3n) is 6.22. The molecule has 1 aliphatic heterocycles. The summed E-state index contributed by atoms with van der Waals surface area (Å²) < 4.78 is 8.29. The molecule has 3 aromatic carbocycles. The van der Waals surface area contributed by atoms with Crippen LogP contribution in [0.15, 0.2) is 76.4 Å². The van der Waals surface area contributed by atoms with Crippen molar-refractivity contribution < 1.29 is 14.3 Å². The van der Waals surface area contributed by atoms with E-state index < -0.39 is 0 Å². The number of carbonyl (C=O) groups is 2. The number of rotatable bonds is 9. The Labute approximate surface area is 254 Å². The van der Waals surface area contributed by atoms with Gasteiger partial charge in [-0.3, -0.25) is 14.2 Å². The van der Waals surface area contributed by atoms with Gasteiger partial charge in [-0.05, 0) is 66.9 Å². The lowest BCUT2D eigenvalue weighted by atomic mass is 10.0. The van der Waals surface area contributed by atoms with Crippen LogP contribution in [0.25, 0.3) is 5.69 Å². The summed E-state index contributed by atoms with van der Waals surface area (Å²) in [5.74, 6) is 0.725. The van der Waals surface area contributed by atoms with E-state index in [4.69, 9.17) is 27.9 Å². The summed E-state index contributed by atoms with van der Waals surface area (Å²) in [6.07, 6.45) is 1.90. The zero-order valence-electron chi connectivity index (χ0n) is 21.1. The summed E-state index contributed by atoms with van der Waals surface area (Å²) in [5.41, 5.74) is 2.96. The van der Waals surface area contributed by atoms with Crippen molar-refractivity contribution in [3.05, 3.63) is 92.6 Å². The highest BCUT2D eigenvalue weighted by atomic mass is 79.9. The minimum Gasteiger partial charge on any atom is -0.482 e. The molecule has 0 fully saturated rings. The van der Waals surface area contributed by atoms with E-state index >= 15 is 0 Å². The summed E-state index contributed by atoms with van der Waals surface area (Å²) >= 11 is 16.8. The molecule has 0 aliphatic carbocycles. The van der Waals surface area contributed by atoms with Gasteiger partial charge < -0.3 is 15.0 Å². The molecule has 2 heterocycles. The lowest BCUT2D eigenvalue weighted by Gasteiger charge is -2.29. The van der Waals surface area contributed by atoms with Crippen LogP contribution < -0.4 is 15.0 Å². The number of hydrogen-bond acceptors (Lipinski definition) is 6. The number of anilines is 1. The zero-order valence-corrected chi connectivity index (χ0v) is 25.1. The standard InChI is InChI=1S/C28H24BrCl2N5O3S/c29-19-7-10-21(11-8-19)36-25(15-32-26(37)16-39-24-12-9-20(30)14-22(24)31)33-34-28(36)40-17-27(38)35-13-3-5-18-4-1-2-6-23(18)35/h1-2,4,6-12,14H,3,5,13,15-17H2,(H,32,37). The molecular formula is C28H24BrCl2N5O3S. The summed E-state index contributed by atoms with van der Waals surface area (Å²) in [6, 6.07) is 20.5. The van der Waals surface area contributed by atoms with Crippen molar-refractivity contribution >= 4 is 68.4 Å². The van der Waals surface area contributed by atoms with Gasteiger partial charge in [-0.25, -0.2) is 0 Å². The van der Waals surface area contributed by atoms with Crippen LogP contribution in [0.1, 0.15) is 17.8 Å². The monoisotopic (exact) mass is 659 g/mol. The minimum absolute atomic E-state index is 0.00960. The molecule has 1 N–H and O–H groups in total. The highest BCUT2D eigenvalue weighted by Crippen LogP contribution is 2.30. The third kappa shape index (κ3) is 6.80. The van der Waals surface area contributed by atoms with Crippen LogP contribution in [-0.4, -0.2) is 45.5 Å². The maximum Gasteiger partial charge on any atom is 0.258 e. The molecular weight excluding hydrogens is 637 g/mol. The van der Waals surface area contributed by atoms with Gasteiger partial charge in [0.05, 0.1) is 17.3 Å². The Bertz CT molecular complexity index is 1530. The highest BCUT2D eigenvalue weighted by Gasteiger charge is 2.24. The van der Waals surface area contributed by atoms with Crippen molar-refractivity contribution in [3.8, 4) is 11.4 Å². The third-order valence-corrected chi connectivity index (χ3v) is 8.19. The molecule has 0 saturated carbocycles. The molecule has 206 valence electrons. The fourth-order valence-electron chi connectivity index (χ4n) is 4.32. The average molecular weight is 661 g/mol. The molecule has 12 heteroatoms. The van der Waals surface area contributed by atoms with Crippen molar-refractivity contribution in [2.75, 3.05) is 23.8 Å². The van der Waals surface area contributed by atoms with Gasteiger partial charge in [0.2, 0.25) is 5.91 Å². The number of ether oxygens (including phenoxy) is 1. The van der Waals surface area contributed by atoms with Gasteiger partial charge in [0.25, 0.3) is 5.91 Å². The predicted molar refractivity (Wildman–Crippen MR) is 161 cm³/mol. The molecule has 2 amide bonds. The van der Waals surface area contributed by atoms with Gasteiger partial charge in [-0.15, -0.1) is 10.2 Å². The normalized spacial score (nSPS) is 12.6. The Morgan fingerprint density at radius 2 is 1.85 bits per heavy atom. The second kappa shape index (κ2) is 13.1. The first-order valence-electron chi connectivity index (χ1n) is 12.4. The van der Waals surface area contributed by atoms with E-state index in [-0.39, 0.29) is 30.7 Å². The second-order valence-corrected chi connectivity index (χ2v) is 11.6. The highest BCUT2D eigenvalue weighted by molar-refractivity contribution is 9.10. The first-order chi connectivity index (χ1) is 19.4. The summed E-state index contributed by atoms with van der Waals surface area (Å²) in [6.45, 7) is 0.561. The van der Waals surface area contributed by atoms with Gasteiger partial charge in [-0.1, -0.05) is 69.1 Å². The fourth-order valence-corrected chi connectivity index (χ4v) is 5.89. The number of benzene rings is 3. The maximum absolute atomic E-state index is 13.2. The van der Waals surface area contributed by atoms with Crippen molar-refractivity contribution in [3.63, 3.8) is 0 Å². The largest absolute Gasteiger partial charge is 0.482 e. The van der Waals surface area contributed by atoms with Crippen LogP contribution in [0.3, 0.4) is 0 Å². The number of fused-ring (bicyclic) bond motifs is 1. The zero-order chi connectivity index (χ0) is 28.1. The molecule has 40 heavy (non-hydrogen) atoms. The van der Waals surface area contributed by atoms with Gasteiger partial charge in [-0.2, -0.15) is 0 Å². The van der Waals surface area contributed by atoms with Gasteiger partial charge in [0.15, 0.2) is 17.6 Å². The molecule has 8 nitrogen and oxygen atoms in total. The van der Waals surface area contributed by atoms with Crippen molar-refractivity contribution in [2.45, 2.75) is 24.5 Å². The number of amides is 2. The number of para-hydroxylation sites is 1. The number of thioether (sulfide) groups is 1. The molecule has 0 saturated heterocycles. The van der Waals surface area contributed by atoms with E-state index in [9.17, 15) is 9.59 Å². The van der Waals surface area contributed by atoms with Crippen molar-refractivity contribution in [2.24, 2.45) is 0 Å². The predicted octanol–water partition coefficient (Wildman–Crippen LogP) is 6.10. The minimum atomic E-state index is -0.357. The topological polar surface area (TPSA) is 89.3 Å². The molecule has 0 radical (unpaired) electrons.